The number of carbonyl (C=O) groups excluding carboxylic acids is 3. The summed E-state index contributed by atoms with van der Waals surface area (Å²) in [5, 5.41) is 6.08. The molecule has 208 valence electrons. The molecular formula is C30H36N2O5S2. The second-order valence-corrected chi connectivity index (χ2v) is 13.1. The van der Waals surface area contributed by atoms with Crippen LogP contribution in [-0.4, -0.2) is 29.6 Å². The van der Waals surface area contributed by atoms with E-state index in [0.29, 0.717) is 28.6 Å². The van der Waals surface area contributed by atoms with Crippen molar-refractivity contribution >= 4 is 51.6 Å². The number of thioether (sulfide) groups is 1. The summed E-state index contributed by atoms with van der Waals surface area (Å²) in [6.45, 7) is 10.8. The summed E-state index contributed by atoms with van der Waals surface area (Å²) in [6, 6.07) is 10.6. The van der Waals surface area contributed by atoms with Gasteiger partial charge < -0.3 is 19.8 Å². The van der Waals surface area contributed by atoms with Crippen LogP contribution in [0.1, 0.15) is 78.8 Å². The van der Waals surface area contributed by atoms with Gasteiger partial charge in [0, 0.05) is 15.5 Å². The topological polar surface area (TPSA) is 97.6 Å². The molecule has 2 aromatic heterocycles. The van der Waals surface area contributed by atoms with Gasteiger partial charge in [0.2, 0.25) is 5.91 Å². The molecular weight excluding hydrogens is 532 g/mol. The molecule has 39 heavy (non-hydrogen) atoms. The maximum absolute atomic E-state index is 13.5. The molecule has 0 bridgehead atoms. The minimum atomic E-state index is -0.391. The fourth-order valence-electron chi connectivity index (χ4n) is 4.76. The Bertz CT molecular complexity index is 1320. The number of ether oxygens (including phenoxy) is 1. The Morgan fingerprint density at radius 1 is 1.15 bits per heavy atom. The van der Waals surface area contributed by atoms with E-state index in [-0.39, 0.29) is 35.6 Å². The van der Waals surface area contributed by atoms with Gasteiger partial charge in [0.1, 0.15) is 5.00 Å². The Hall–Kier alpha value is -3.04. The zero-order valence-corrected chi connectivity index (χ0v) is 24.7. The highest BCUT2D eigenvalue weighted by atomic mass is 32.2. The number of anilines is 2. The van der Waals surface area contributed by atoms with Crippen LogP contribution in [-0.2, 0) is 22.4 Å². The summed E-state index contributed by atoms with van der Waals surface area (Å²) in [7, 11) is 0. The van der Waals surface area contributed by atoms with Crippen LogP contribution in [0.5, 0.6) is 0 Å². The highest BCUT2D eigenvalue weighted by Gasteiger charge is 2.35. The number of rotatable bonds is 9. The quantitative estimate of drug-likeness (QED) is 0.206. The Morgan fingerprint density at radius 3 is 2.62 bits per heavy atom. The third kappa shape index (κ3) is 6.94. The van der Waals surface area contributed by atoms with Crippen molar-refractivity contribution in [2.45, 2.75) is 70.4 Å². The Balaban J connectivity index is 1.51. The number of fused-ring (bicyclic) bond motifs is 1. The number of benzene rings is 1. The molecule has 4 rings (SSSR count). The lowest BCUT2D eigenvalue weighted by Gasteiger charge is -2.33. The van der Waals surface area contributed by atoms with Crippen LogP contribution in [0.25, 0.3) is 0 Å². The van der Waals surface area contributed by atoms with Gasteiger partial charge >= 0.3 is 5.97 Å². The molecule has 2 heterocycles. The molecule has 0 radical (unpaired) electrons. The highest BCUT2D eigenvalue weighted by molar-refractivity contribution is 8.00. The number of carbonyl (C=O) groups is 3. The van der Waals surface area contributed by atoms with Crippen LogP contribution < -0.4 is 10.6 Å². The number of thiophene rings is 1. The van der Waals surface area contributed by atoms with Crippen molar-refractivity contribution in [1.29, 1.82) is 0 Å². The second kappa shape index (κ2) is 12.4. The van der Waals surface area contributed by atoms with Crippen molar-refractivity contribution in [2.75, 3.05) is 17.2 Å². The smallest absolute Gasteiger partial charge is 0.341 e. The maximum Gasteiger partial charge on any atom is 0.341 e. The Morgan fingerprint density at radius 2 is 1.95 bits per heavy atom. The molecule has 1 aromatic carbocycles. The van der Waals surface area contributed by atoms with Gasteiger partial charge in [-0.2, -0.15) is 0 Å². The first-order valence-electron chi connectivity index (χ1n) is 13.3. The van der Waals surface area contributed by atoms with E-state index >= 15 is 0 Å². The molecule has 0 saturated carbocycles. The number of hydrogen-bond donors (Lipinski definition) is 2. The summed E-state index contributed by atoms with van der Waals surface area (Å²) < 4.78 is 10.6. The van der Waals surface area contributed by atoms with E-state index < -0.39 is 5.25 Å². The first-order valence-corrected chi connectivity index (χ1v) is 15.0. The van der Waals surface area contributed by atoms with E-state index in [1.807, 2.05) is 25.1 Å². The van der Waals surface area contributed by atoms with Crippen LogP contribution in [0.3, 0.4) is 0 Å². The van der Waals surface area contributed by atoms with E-state index in [1.54, 1.807) is 25.1 Å². The summed E-state index contributed by atoms with van der Waals surface area (Å²) >= 11 is 2.93. The van der Waals surface area contributed by atoms with Gasteiger partial charge in [0.05, 0.1) is 23.7 Å². The highest BCUT2D eigenvalue weighted by Crippen LogP contribution is 2.44. The Kier molecular flexibility index (Phi) is 9.23. The summed E-state index contributed by atoms with van der Waals surface area (Å²) in [6.07, 6.45) is 4.75. The fraction of sp³-hybridized carbons (Fsp3) is 0.433. The number of nitrogens with one attached hydrogen (secondary N) is 2. The van der Waals surface area contributed by atoms with Crippen molar-refractivity contribution < 1.29 is 23.5 Å². The molecule has 1 aliphatic rings. The predicted octanol–water partition coefficient (Wildman–Crippen LogP) is 7.43. The zero-order chi connectivity index (χ0) is 28.2. The summed E-state index contributed by atoms with van der Waals surface area (Å²) in [5.74, 6) is -0.136. The SMILES string of the molecule is CCOC(=O)c1c(NC(=O)C(CC)Sc2cccc(NC(=O)c3ccco3)c2)sc2c1CCC(C(C)(C)C)C2. The third-order valence-corrected chi connectivity index (χ3v) is 9.51. The second-order valence-electron chi connectivity index (χ2n) is 10.7. The monoisotopic (exact) mass is 568 g/mol. The average Bonchev–Trinajstić information content (AvgIpc) is 3.55. The lowest BCUT2D eigenvalue weighted by Crippen LogP contribution is -2.27. The first-order chi connectivity index (χ1) is 18.6. The van der Waals surface area contributed by atoms with Crippen molar-refractivity contribution in [3.63, 3.8) is 0 Å². The van der Waals surface area contributed by atoms with E-state index in [2.05, 4.69) is 31.4 Å². The van der Waals surface area contributed by atoms with Gasteiger partial charge in [-0.25, -0.2) is 4.79 Å². The number of amides is 2. The third-order valence-electron chi connectivity index (χ3n) is 6.98. The van der Waals surface area contributed by atoms with Gasteiger partial charge in [-0.05, 0) is 79.8 Å². The number of esters is 1. The van der Waals surface area contributed by atoms with Gasteiger partial charge in [0.25, 0.3) is 5.91 Å². The lowest BCUT2D eigenvalue weighted by atomic mass is 9.72. The Labute approximate surface area is 238 Å². The standard InChI is InChI=1S/C30H36N2O5S2/c1-6-23(38-20-11-8-10-19(17-20)31-26(33)22-12-9-15-37-22)27(34)32-28-25(29(35)36-7-2)21-14-13-18(30(3,4)5)16-24(21)39-28/h8-12,15,17-18,23H,6-7,13-14,16H2,1-5H3,(H,31,33)(H,32,34). The van der Waals surface area contributed by atoms with Crippen LogP contribution >= 0.6 is 23.1 Å². The van der Waals surface area contributed by atoms with Gasteiger partial charge in [-0.3, -0.25) is 9.59 Å². The average molecular weight is 569 g/mol. The summed E-state index contributed by atoms with van der Waals surface area (Å²) in [5.41, 5.74) is 2.32. The molecule has 0 fully saturated rings. The molecule has 2 amide bonds. The van der Waals surface area contributed by atoms with Crippen LogP contribution in [0.15, 0.2) is 52.0 Å². The van der Waals surface area contributed by atoms with Crippen molar-refractivity contribution in [3.05, 3.63) is 64.4 Å². The molecule has 0 spiro atoms. The lowest BCUT2D eigenvalue weighted by molar-refractivity contribution is -0.115. The van der Waals surface area contributed by atoms with E-state index in [0.717, 1.165) is 29.7 Å². The van der Waals surface area contributed by atoms with Crippen LogP contribution in [0.4, 0.5) is 10.7 Å². The molecule has 3 aromatic rings. The van der Waals surface area contributed by atoms with Crippen LogP contribution in [0, 0.1) is 11.3 Å². The van der Waals surface area contributed by atoms with Crippen molar-refractivity contribution in [3.8, 4) is 0 Å². The predicted molar refractivity (Wildman–Crippen MR) is 157 cm³/mol. The molecule has 0 saturated heterocycles. The van der Waals surface area contributed by atoms with Gasteiger partial charge in [0.15, 0.2) is 5.76 Å². The first kappa shape index (κ1) is 29.0. The maximum atomic E-state index is 13.5. The zero-order valence-electron chi connectivity index (χ0n) is 23.1. The normalized spacial score (nSPS) is 15.8. The minimum Gasteiger partial charge on any atom is -0.462 e. The van der Waals surface area contributed by atoms with Crippen molar-refractivity contribution in [1.82, 2.24) is 0 Å². The minimum absolute atomic E-state index is 0.163. The van der Waals surface area contributed by atoms with E-state index in [9.17, 15) is 14.4 Å². The van der Waals surface area contributed by atoms with Crippen molar-refractivity contribution in [2.24, 2.45) is 11.3 Å². The van der Waals surface area contributed by atoms with E-state index in [1.165, 1.54) is 34.2 Å². The van der Waals surface area contributed by atoms with Crippen LogP contribution in [0.2, 0.25) is 0 Å². The number of hydrogen-bond acceptors (Lipinski definition) is 7. The van der Waals surface area contributed by atoms with Gasteiger partial charge in [-0.15, -0.1) is 23.1 Å². The largest absolute Gasteiger partial charge is 0.462 e. The van der Waals surface area contributed by atoms with Gasteiger partial charge in [-0.1, -0.05) is 33.8 Å². The number of furan rings is 1. The molecule has 2 N–H and O–H groups in total. The van der Waals surface area contributed by atoms with E-state index in [4.69, 9.17) is 9.15 Å². The molecule has 9 heteroatoms. The summed E-state index contributed by atoms with van der Waals surface area (Å²) in [4.78, 5) is 40.8. The molecule has 1 aliphatic carbocycles. The fourth-order valence-corrected chi connectivity index (χ4v) is 7.09. The molecule has 7 nitrogen and oxygen atoms in total. The molecule has 2 atom stereocenters. The molecule has 2 unspecified atom stereocenters. The molecule has 0 aliphatic heterocycles.